The van der Waals surface area contributed by atoms with Gasteiger partial charge in [-0.25, -0.2) is 4.79 Å². The predicted octanol–water partition coefficient (Wildman–Crippen LogP) is 2.83. The molecule has 0 aliphatic heterocycles. The maximum absolute atomic E-state index is 11.7. The van der Waals surface area contributed by atoms with Crippen molar-refractivity contribution in [2.24, 2.45) is 5.73 Å². The molecule has 1 amide bonds. The molecule has 0 unspecified atom stereocenters. The maximum Gasteiger partial charge on any atom is 0.412 e. The van der Waals surface area contributed by atoms with E-state index >= 15 is 0 Å². The third kappa shape index (κ3) is 4.89. The lowest BCUT2D eigenvalue weighted by Crippen LogP contribution is -2.28. The highest BCUT2D eigenvalue weighted by Gasteiger charge is 2.18. The highest BCUT2D eigenvalue weighted by atomic mass is 35.5. The monoisotopic (exact) mass is 284 g/mol. The van der Waals surface area contributed by atoms with E-state index in [1.807, 2.05) is 0 Å². The fourth-order valence-electron chi connectivity index (χ4n) is 1.39. The van der Waals surface area contributed by atoms with Crippen molar-refractivity contribution in [2.75, 3.05) is 11.9 Å². The van der Waals surface area contributed by atoms with Crippen LogP contribution in [0.4, 0.5) is 10.5 Å². The summed E-state index contributed by atoms with van der Waals surface area (Å²) < 4.78 is 5.11. The zero-order valence-corrected chi connectivity index (χ0v) is 11.9. The molecular formula is C13H17ClN2O3. The largest absolute Gasteiger partial charge is 0.444 e. The number of rotatable bonds is 3. The number of amides is 1. The second-order valence-corrected chi connectivity index (χ2v) is 5.38. The first kappa shape index (κ1) is 15.5. The Labute approximate surface area is 117 Å². The van der Waals surface area contributed by atoms with Crippen LogP contribution in [0.2, 0.25) is 5.02 Å². The normalized spacial score (nSPS) is 11.0. The van der Waals surface area contributed by atoms with Gasteiger partial charge in [0.15, 0.2) is 5.78 Å². The molecule has 0 aliphatic rings. The van der Waals surface area contributed by atoms with Crippen molar-refractivity contribution in [1.29, 1.82) is 0 Å². The third-order valence-corrected chi connectivity index (χ3v) is 2.34. The lowest BCUT2D eigenvalue weighted by molar-refractivity contribution is 0.0636. The summed E-state index contributed by atoms with van der Waals surface area (Å²) in [5, 5.41) is 2.90. The van der Waals surface area contributed by atoms with E-state index in [2.05, 4.69) is 5.32 Å². The van der Waals surface area contributed by atoms with E-state index in [9.17, 15) is 9.59 Å². The summed E-state index contributed by atoms with van der Waals surface area (Å²) in [4.78, 5) is 23.3. The zero-order chi connectivity index (χ0) is 14.6. The van der Waals surface area contributed by atoms with Gasteiger partial charge in [0.25, 0.3) is 0 Å². The number of carbonyl (C=O) groups is 2. The summed E-state index contributed by atoms with van der Waals surface area (Å²) in [7, 11) is 0. The lowest BCUT2D eigenvalue weighted by Gasteiger charge is -2.20. The van der Waals surface area contributed by atoms with Crippen LogP contribution in [0.5, 0.6) is 0 Å². The van der Waals surface area contributed by atoms with Gasteiger partial charge >= 0.3 is 6.09 Å². The smallest absolute Gasteiger partial charge is 0.412 e. The minimum atomic E-state index is -0.652. The molecule has 5 nitrogen and oxygen atoms in total. The molecule has 6 heteroatoms. The van der Waals surface area contributed by atoms with Crippen molar-refractivity contribution in [3.05, 3.63) is 28.8 Å². The van der Waals surface area contributed by atoms with Crippen LogP contribution in [-0.2, 0) is 4.74 Å². The molecular weight excluding hydrogens is 268 g/mol. The Bertz CT molecular complexity index is 495. The van der Waals surface area contributed by atoms with E-state index < -0.39 is 11.7 Å². The van der Waals surface area contributed by atoms with Crippen molar-refractivity contribution in [1.82, 2.24) is 0 Å². The van der Waals surface area contributed by atoms with Crippen LogP contribution in [-0.4, -0.2) is 24.0 Å². The van der Waals surface area contributed by atoms with Crippen molar-refractivity contribution < 1.29 is 14.3 Å². The van der Waals surface area contributed by atoms with Crippen molar-refractivity contribution in [3.63, 3.8) is 0 Å². The molecule has 0 spiro atoms. The molecule has 0 aliphatic carbocycles. The Morgan fingerprint density at radius 2 is 2.00 bits per heavy atom. The first-order valence-corrected chi connectivity index (χ1v) is 6.13. The van der Waals surface area contributed by atoms with Gasteiger partial charge < -0.3 is 10.5 Å². The van der Waals surface area contributed by atoms with Gasteiger partial charge in [-0.15, -0.1) is 0 Å². The number of Topliss-reactive ketones (excluding diaryl/α,β-unsaturated/α-hetero) is 1. The first-order valence-electron chi connectivity index (χ1n) is 5.76. The molecule has 1 rings (SSSR count). The van der Waals surface area contributed by atoms with E-state index in [0.717, 1.165) is 0 Å². The maximum atomic E-state index is 11.7. The van der Waals surface area contributed by atoms with Gasteiger partial charge in [0.2, 0.25) is 0 Å². The first-order chi connectivity index (χ1) is 8.73. The van der Waals surface area contributed by atoms with Crippen molar-refractivity contribution >= 4 is 29.2 Å². The molecule has 0 atom stereocenters. The van der Waals surface area contributed by atoms with Gasteiger partial charge in [-0.05, 0) is 39.0 Å². The molecule has 19 heavy (non-hydrogen) atoms. The average Bonchev–Trinajstić information content (AvgIpc) is 2.25. The Hall–Kier alpha value is -1.59. The average molecular weight is 285 g/mol. The zero-order valence-electron chi connectivity index (χ0n) is 11.1. The van der Waals surface area contributed by atoms with Gasteiger partial charge in [0.1, 0.15) is 5.60 Å². The number of hydrogen-bond acceptors (Lipinski definition) is 4. The molecule has 0 bridgehead atoms. The Kier molecular flexibility index (Phi) is 4.91. The van der Waals surface area contributed by atoms with Gasteiger partial charge in [-0.2, -0.15) is 0 Å². The topological polar surface area (TPSA) is 81.4 Å². The van der Waals surface area contributed by atoms with E-state index in [-0.39, 0.29) is 18.0 Å². The molecule has 3 N–H and O–H groups in total. The molecule has 0 heterocycles. The fraction of sp³-hybridized carbons (Fsp3) is 0.385. The Morgan fingerprint density at radius 3 is 2.53 bits per heavy atom. The molecule has 0 radical (unpaired) electrons. The highest BCUT2D eigenvalue weighted by Crippen LogP contribution is 2.22. The highest BCUT2D eigenvalue weighted by molar-refractivity contribution is 6.31. The number of nitrogens with one attached hydrogen (secondary N) is 1. The standard InChI is InChI=1S/C13H17ClN2O3/c1-13(2,3)19-12(18)16-10-6-8(14)4-5-9(10)11(17)7-15/h4-6H,7,15H2,1-3H3,(H,16,18). The van der Waals surface area contributed by atoms with E-state index in [0.29, 0.717) is 10.6 Å². The van der Waals surface area contributed by atoms with Crippen LogP contribution in [0.15, 0.2) is 18.2 Å². The van der Waals surface area contributed by atoms with Crippen LogP contribution in [0.25, 0.3) is 0 Å². The number of ketones is 1. The number of hydrogen-bond donors (Lipinski definition) is 2. The second kappa shape index (κ2) is 6.04. The van der Waals surface area contributed by atoms with Crippen molar-refractivity contribution in [3.8, 4) is 0 Å². The molecule has 0 saturated heterocycles. The van der Waals surface area contributed by atoms with Gasteiger partial charge in [0.05, 0.1) is 12.2 Å². The minimum absolute atomic E-state index is 0.148. The summed E-state index contributed by atoms with van der Waals surface area (Å²) >= 11 is 5.85. The minimum Gasteiger partial charge on any atom is -0.444 e. The number of ether oxygens (including phenoxy) is 1. The van der Waals surface area contributed by atoms with Gasteiger partial charge in [0, 0.05) is 10.6 Å². The van der Waals surface area contributed by atoms with Gasteiger partial charge in [-0.1, -0.05) is 11.6 Å². The molecule has 0 aromatic heterocycles. The Balaban J connectivity index is 2.96. The molecule has 0 saturated carbocycles. The summed E-state index contributed by atoms with van der Waals surface area (Å²) in [6.45, 7) is 5.09. The number of nitrogens with two attached hydrogens (primary N) is 1. The number of benzene rings is 1. The van der Waals surface area contributed by atoms with Gasteiger partial charge in [-0.3, -0.25) is 10.1 Å². The number of anilines is 1. The summed E-state index contributed by atoms with van der Waals surface area (Å²) in [6.07, 6.45) is -0.652. The van der Waals surface area contributed by atoms with E-state index in [1.54, 1.807) is 26.8 Å². The van der Waals surface area contributed by atoms with Crippen LogP contribution >= 0.6 is 11.6 Å². The molecule has 1 aromatic carbocycles. The summed E-state index contributed by atoms with van der Waals surface area (Å²) in [5.41, 5.74) is 5.29. The Morgan fingerprint density at radius 1 is 1.37 bits per heavy atom. The van der Waals surface area contributed by atoms with Crippen LogP contribution in [0.3, 0.4) is 0 Å². The van der Waals surface area contributed by atoms with Crippen LogP contribution < -0.4 is 11.1 Å². The third-order valence-electron chi connectivity index (χ3n) is 2.10. The molecule has 0 fully saturated rings. The lowest BCUT2D eigenvalue weighted by atomic mass is 10.1. The van der Waals surface area contributed by atoms with Crippen molar-refractivity contribution in [2.45, 2.75) is 26.4 Å². The number of carbonyl (C=O) groups excluding carboxylic acids is 2. The van der Waals surface area contributed by atoms with Crippen LogP contribution in [0, 0.1) is 0 Å². The van der Waals surface area contributed by atoms with E-state index in [4.69, 9.17) is 22.1 Å². The van der Waals surface area contributed by atoms with E-state index in [1.165, 1.54) is 12.1 Å². The SMILES string of the molecule is CC(C)(C)OC(=O)Nc1cc(Cl)ccc1C(=O)CN. The summed E-state index contributed by atoms with van der Waals surface area (Å²) in [6, 6.07) is 4.56. The quantitative estimate of drug-likeness (QED) is 0.836. The summed E-state index contributed by atoms with van der Waals surface area (Å²) in [5.74, 6) is -0.289. The second-order valence-electron chi connectivity index (χ2n) is 4.94. The predicted molar refractivity (Wildman–Crippen MR) is 74.7 cm³/mol. The fourth-order valence-corrected chi connectivity index (χ4v) is 1.56. The molecule has 104 valence electrons. The number of halogens is 1. The molecule has 1 aromatic rings. The van der Waals surface area contributed by atoms with Crippen LogP contribution in [0.1, 0.15) is 31.1 Å².